The number of ether oxygens (including phenoxy) is 2. The van der Waals surface area contributed by atoms with Crippen LogP contribution in [0.3, 0.4) is 0 Å². The molecule has 1 aliphatic carbocycles. The predicted molar refractivity (Wildman–Crippen MR) is 111 cm³/mol. The SMILES string of the molecule is CCOC(=O)C1=C(CN(C)C2CCCCC2)NC(=O)N[C@@H]1c1ccccc1OC(F)F. The first-order valence-corrected chi connectivity index (χ1v) is 10.6. The van der Waals surface area contributed by atoms with Crippen LogP contribution in [0.25, 0.3) is 0 Å². The van der Waals surface area contributed by atoms with Crippen molar-refractivity contribution in [2.75, 3.05) is 20.2 Å². The summed E-state index contributed by atoms with van der Waals surface area (Å²) in [5.41, 5.74) is 0.861. The smallest absolute Gasteiger partial charge is 0.387 e. The van der Waals surface area contributed by atoms with Crippen molar-refractivity contribution in [1.82, 2.24) is 15.5 Å². The molecule has 0 spiro atoms. The molecule has 0 aromatic heterocycles. The van der Waals surface area contributed by atoms with Crippen molar-refractivity contribution in [1.29, 1.82) is 0 Å². The van der Waals surface area contributed by atoms with Gasteiger partial charge in [0.25, 0.3) is 0 Å². The summed E-state index contributed by atoms with van der Waals surface area (Å²) in [5.74, 6) is -0.717. The summed E-state index contributed by atoms with van der Waals surface area (Å²) < 4.78 is 35.8. The number of amides is 2. The topological polar surface area (TPSA) is 79.9 Å². The molecule has 2 aliphatic rings. The van der Waals surface area contributed by atoms with Crippen molar-refractivity contribution in [3.05, 3.63) is 41.1 Å². The zero-order valence-electron chi connectivity index (χ0n) is 17.8. The van der Waals surface area contributed by atoms with Gasteiger partial charge in [0.2, 0.25) is 0 Å². The molecular formula is C22H29F2N3O4. The van der Waals surface area contributed by atoms with E-state index in [-0.39, 0.29) is 23.5 Å². The zero-order valence-corrected chi connectivity index (χ0v) is 17.8. The van der Waals surface area contributed by atoms with E-state index < -0.39 is 24.7 Å². The molecule has 2 N–H and O–H groups in total. The summed E-state index contributed by atoms with van der Waals surface area (Å²) in [7, 11) is 1.96. The number of carbonyl (C=O) groups is 2. The van der Waals surface area contributed by atoms with Crippen molar-refractivity contribution in [2.24, 2.45) is 0 Å². The van der Waals surface area contributed by atoms with E-state index in [9.17, 15) is 18.4 Å². The highest BCUT2D eigenvalue weighted by molar-refractivity contribution is 5.95. The van der Waals surface area contributed by atoms with E-state index in [1.807, 2.05) is 7.05 Å². The number of nitrogens with one attached hydrogen (secondary N) is 2. The summed E-state index contributed by atoms with van der Waals surface area (Å²) in [6.07, 6.45) is 5.62. The number of urea groups is 1. The quantitative estimate of drug-likeness (QED) is 0.606. The zero-order chi connectivity index (χ0) is 22.4. The number of esters is 1. The number of rotatable bonds is 8. The fourth-order valence-electron chi connectivity index (χ4n) is 4.25. The maximum absolute atomic E-state index is 12.9. The predicted octanol–water partition coefficient (Wildman–Crippen LogP) is 3.72. The van der Waals surface area contributed by atoms with E-state index in [4.69, 9.17) is 4.74 Å². The maximum atomic E-state index is 12.9. The van der Waals surface area contributed by atoms with E-state index in [1.165, 1.54) is 12.5 Å². The van der Waals surface area contributed by atoms with Crippen LogP contribution in [-0.2, 0) is 9.53 Å². The van der Waals surface area contributed by atoms with Crippen molar-refractivity contribution >= 4 is 12.0 Å². The van der Waals surface area contributed by atoms with E-state index in [1.54, 1.807) is 25.1 Å². The van der Waals surface area contributed by atoms with Gasteiger partial charge in [0.1, 0.15) is 5.75 Å². The molecule has 170 valence electrons. The molecular weight excluding hydrogens is 408 g/mol. The Balaban J connectivity index is 2.00. The molecule has 1 saturated carbocycles. The Hall–Kier alpha value is -2.68. The number of nitrogens with zero attached hydrogens (tertiary/aromatic N) is 1. The number of para-hydroxylation sites is 1. The van der Waals surface area contributed by atoms with Crippen LogP contribution in [0.2, 0.25) is 0 Å². The number of hydrogen-bond donors (Lipinski definition) is 2. The molecule has 0 unspecified atom stereocenters. The molecule has 31 heavy (non-hydrogen) atoms. The standard InChI is InChI=1S/C22H29F2N3O4/c1-3-30-20(28)18-16(13-27(2)14-9-5-4-6-10-14)25-22(29)26-19(18)15-11-7-8-12-17(15)31-21(23)24/h7-8,11-12,14,19,21H,3-6,9-10,13H2,1-2H3,(H2,25,26,29)/t19-/m1/s1. The van der Waals surface area contributed by atoms with Gasteiger partial charge in [-0.25, -0.2) is 9.59 Å². The lowest BCUT2D eigenvalue weighted by atomic mass is 9.92. The molecule has 1 heterocycles. The van der Waals surface area contributed by atoms with Gasteiger partial charge in [-0.15, -0.1) is 0 Å². The molecule has 1 fully saturated rings. The third-order valence-electron chi connectivity index (χ3n) is 5.70. The van der Waals surface area contributed by atoms with E-state index in [2.05, 4.69) is 20.3 Å². The number of benzene rings is 1. The van der Waals surface area contributed by atoms with Crippen LogP contribution in [0, 0.1) is 0 Å². The second kappa shape index (κ2) is 10.6. The molecule has 0 bridgehead atoms. The Bertz CT molecular complexity index is 825. The maximum Gasteiger partial charge on any atom is 0.387 e. The minimum atomic E-state index is -3.04. The van der Waals surface area contributed by atoms with Crippen molar-refractivity contribution in [3.63, 3.8) is 0 Å². The van der Waals surface area contributed by atoms with Gasteiger partial charge in [-0.05, 0) is 32.9 Å². The molecule has 0 saturated heterocycles. The lowest BCUT2D eigenvalue weighted by Gasteiger charge is -2.35. The first-order valence-electron chi connectivity index (χ1n) is 10.6. The largest absolute Gasteiger partial charge is 0.463 e. The lowest BCUT2D eigenvalue weighted by molar-refractivity contribution is -0.139. The number of likely N-dealkylation sites (N-methyl/N-ethyl adjacent to an activating group) is 1. The summed E-state index contributed by atoms with van der Waals surface area (Å²) in [6.45, 7) is -0.875. The van der Waals surface area contributed by atoms with Crippen molar-refractivity contribution in [2.45, 2.75) is 57.7 Å². The monoisotopic (exact) mass is 437 g/mol. The van der Waals surface area contributed by atoms with E-state index in [0.717, 1.165) is 25.7 Å². The minimum Gasteiger partial charge on any atom is -0.463 e. The Morgan fingerprint density at radius 1 is 1.23 bits per heavy atom. The van der Waals surface area contributed by atoms with Crippen LogP contribution in [0.5, 0.6) is 5.75 Å². The van der Waals surface area contributed by atoms with Gasteiger partial charge < -0.3 is 20.1 Å². The second-order valence-corrected chi connectivity index (χ2v) is 7.77. The highest BCUT2D eigenvalue weighted by Gasteiger charge is 2.36. The number of halogens is 2. The van der Waals surface area contributed by atoms with E-state index >= 15 is 0 Å². The third-order valence-corrected chi connectivity index (χ3v) is 5.70. The van der Waals surface area contributed by atoms with Gasteiger partial charge >= 0.3 is 18.6 Å². The summed E-state index contributed by atoms with van der Waals surface area (Å²) in [5, 5.41) is 5.40. The third kappa shape index (κ3) is 5.72. The van der Waals surface area contributed by atoms with Crippen LogP contribution in [-0.4, -0.2) is 49.8 Å². The second-order valence-electron chi connectivity index (χ2n) is 7.77. The highest BCUT2D eigenvalue weighted by atomic mass is 19.3. The van der Waals surface area contributed by atoms with Gasteiger partial charge in [0, 0.05) is 23.8 Å². The average molecular weight is 437 g/mol. The molecule has 2 amide bonds. The fourth-order valence-corrected chi connectivity index (χ4v) is 4.25. The Morgan fingerprint density at radius 3 is 2.61 bits per heavy atom. The van der Waals surface area contributed by atoms with Gasteiger partial charge in [0.15, 0.2) is 0 Å². The van der Waals surface area contributed by atoms with Crippen LogP contribution in [0.4, 0.5) is 13.6 Å². The minimum absolute atomic E-state index is 0.105. The number of hydrogen-bond acceptors (Lipinski definition) is 5. The average Bonchev–Trinajstić information content (AvgIpc) is 2.74. The van der Waals surface area contributed by atoms with Crippen LogP contribution in [0.1, 0.15) is 50.6 Å². The van der Waals surface area contributed by atoms with Crippen molar-refractivity contribution in [3.8, 4) is 5.75 Å². The van der Waals surface area contributed by atoms with Gasteiger partial charge in [-0.2, -0.15) is 8.78 Å². The van der Waals surface area contributed by atoms with Crippen LogP contribution in [0.15, 0.2) is 35.5 Å². The van der Waals surface area contributed by atoms with E-state index in [0.29, 0.717) is 18.3 Å². The molecule has 7 nitrogen and oxygen atoms in total. The number of alkyl halides is 2. The number of carbonyl (C=O) groups excluding carboxylic acids is 2. The molecule has 1 aromatic rings. The van der Waals surface area contributed by atoms with Crippen LogP contribution >= 0.6 is 0 Å². The van der Waals surface area contributed by atoms with Gasteiger partial charge in [-0.3, -0.25) is 4.90 Å². The Morgan fingerprint density at radius 2 is 1.94 bits per heavy atom. The van der Waals surface area contributed by atoms with Gasteiger partial charge in [-0.1, -0.05) is 37.5 Å². The Labute approximate surface area is 180 Å². The van der Waals surface area contributed by atoms with Gasteiger partial charge in [0.05, 0.1) is 18.2 Å². The molecule has 1 atom stereocenters. The summed E-state index contributed by atoms with van der Waals surface area (Å²) in [4.78, 5) is 27.5. The van der Waals surface area contributed by atoms with Crippen molar-refractivity contribution < 1.29 is 27.8 Å². The molecule has 3 rings (SSSR count). The first-order chi connectivity index (χ1) is 14.9. The normalized spacial score (nSPS) is 19.9. The molecule has 0 radical (unpaired) electrons. The summed E-state index contributed by atoms with van der Waals surface area (Å²) >= 11 is 0. The lowest BCUT2D eigenvalue weighted by Crippen LogP contribution is -2.49. The highest BCUT2D eigenvalue weighted by Crippen LogP contribution is 2.35. The fraction of sp³-hybridized carbons (Fsp3) is 0.545. The molecule has 1 aliphatic heterocycles. The first kappa shape index (κ1) is 23.0. The molecule has 9 heteroatoms. The molecule has 1 aromatic carbocycles. The van der Waals surface area contributed by atoms with Crippen LogP contribution < -0.4 is 15.4 Å². The Kier molecular flexibility index (Phi) is 7.84. The summed E-state index contributed by atoms with van der Waals surface area (Å²) in [6, 6.07) is 4.98.